The molecule has 7 nitrogen and oxygen atoms in total. The Labute approximate surface area is 156 Å². The van der Waals surface area contributed by atoms with Crippen LogP contribution in [0.4, 0.5) is 5.69 Å². The Kier molecular flexibility index (Phi) is 4.86. The van der Waals surface area contributed by atoms with Crippen molar-refractivity contribution >= 4 is 32.5 Å². The van der Waals surface area contributed by atoms with Gasteiger partial charge in [-0.1, -0.05) is 12.1 Å². The second-order valence-electron chi connectivity index (χ2n) is 6.31. The fourth-order valence-electron chi connectivity index (χ4n) is 2.77. The summed E-state index contributed by atoms with van der Waals surface area (Å²) in [4.78, 5) is 26.9. The summed E-state index contributed by atoms with van der Waals surface area (Å²) in [5, 5.41) is 3.52. The Morgan fingerprint density at radius 2 is 1.78 bits per heavy atom. The predicted molar refractivity (Wildman–Crippen MR) is 105 cm³/mol. The maximum absolute atomic E-state index is 12.7. The van der Waals surface area contributed by atoms with Gasteiger partial charge in [-0.05, 0) is 42.8 Å². The monoisotopic (exact) mass is 385 g/mol. The molecule has 0 spiro atoms. The second-order valence-corrected chi connectivity index (χ2v) is 8.43. The molecule has 0 bridgehead atoms. The van der Waals surface area contributed by atoms with Gasteiger partial charge in [0.15, 0.2) is 0 Å². The first-order chi connectivity index (χ1) is 12.7. The number of H-pyrrole nitrogens is 1. The first-order valence-corrected chi connectivity index (χ1v) is 9.61. The van der Waals surface area contributed by atoms with E-state index in [0.29, 0.717) is 11.2 Å². The summed E-state index contributed by atoms with van der Waals surface area (Å²) in [5.74, 6) is -0.530. The number of amides is 1. The Balaban J connectivity index is 2.00. The van der Waals surface area contributed by atoms with Crippen LogP contribution in [0, 0.1) is 6.92 Å². The minimum atomic E-state index is -3.76. The van der Waals surface area contributed by atoms with Crippen molar-refractivity contribution in [3.63, 3.8) is 0 Å². The molecule has 0 saturated heterocycles. The zero-order chi connectivity index (χ0) is 19.8. The van der Waals surface area contributed by atoms with Gasteiger partial charge in [0.25, 0.3) is 5.91 Å². The lowest BCUT2D eigenvalue weighted by atomic mass is 10.1. The van der Waals surface area contributed by atoms with E-state index in [0.717, 1.165) is 15.3 Å². The van der Waals surface area contributed by atoms with Gasteiger partial charge in [0.2, 0.25) is 15.6 Å². The highest BCUT2D eigenvalue weighted by atomic mass is 32.2. The lowest BCUT2D eigenvalue weighted by molar-refractivity contribution is 0.102. The molecule has 3 aromatic rings. The van der Waals surface area contributed by atoms with Crippen molar-refractivity contribution in [1.29, 1.82) is 0 Å². The van der Waals surface area contributed by atoms with Crippen molar-refractivity contribution in [2.45, 2.75) is 11.8 Å². The molecule has 3 rings (SSSR count). The number of aryl methyl sites for hydroxylation is 1. The summed E-state index contributed by atoms with van der Waals surface area (Å²) in [5.41, 5.74) is 1.80. The van der Waals surface area contributed by atoms with Gasteiger partial charge < -0.3 is 10.3 Å². The number of rotatable bonds is 4. The number of sulfonamides is 1. The van der Waals surface area contributed by atoms with Crippen LogP contribution in [0.5, 0.6) is 0 Å². The van der Waals surface area contributed by atoms with Crippen LogP contribution < -0.4 is 10.9 Å². The van der Waals surface area contributed by atoms with E-state index in [9.17, 15) is 18.0 Å². The number of nitrogens with zero attached hydrogens (tertiary/aromatic N) is 1. The Morgan fingerprint density at radius 1 is 1.07 bits per heavy atom. The van der Waals surface area contributed by atoms with E-state index in [-0.39, 0.29) is 16.0 Å². The van der Waals surface area contributed by atoms with E-state index in [1.54, 1.807) is 30.3 Å². The van der Waals surface area contributed by atoms with Gasteiger partial charge in [-0.25, -0.2) is 12.7 Å². The van der Waals surface area contributed by atoms with Crippen LogP contribution in [0.3, 0.4) is 0 Å². The minimum absolute atomic E-state index is 0.0597. The van der Waals surface area contributed by atoms with Gasteiger partial charge in [-0.2, -0.15) is 0 Å². The molecular formula is C19H19N3O4S. The molecular weight excluding hydrogens is 366 g/mol. The smallest absolute Gasteiger partial charge is 0.257 e. The first-order valence-electron chi connectivity index (χ1n) is 8.17. The molecule has 0 aliphatic rings. The highest BCUT2D eigenvalue weighted by molar-refractivity contribution is 7.89. The largest absolute Gasteiger partial charge is 0.322 e. The molecule has 0 saturated carbocycles. The number of aromatic amines is 1. The molecule has 8 heteroatoms. The number of nitrogens with one attached hydrogen (secondary N) is 2. The van der Waals surface area contributed by atoms with Crippen molar-refractivity contribution in [3.05, 3.63) is 70.0 Å². The molecule has 0 aliphatic heterocycles. The van der Waals surface area contributed by atoms with Crippen LogP contribution in [0.15, 0.2) is 58.2 Å². The molecule has 1 amide bonds. The molecule has 1 heterocycles. The number of pyridine rings is 1. The van der Waals surface area contributed by atoms with Crippen molar-refractivity contribution in [1.82, 2.24) is 9.29 Å². The number of fused-ring (bicyclic) bond motifs is 1. The Hall–Kier alpha value is -2.97. The summed E-state index contributed by atoms with van der Waals surface area (Å²) in [7, 11) is -0.931. The average molecular weight is 385 g/mol. The molecule has 2 aromatic carbocycles. The van der Waals surface area contributed by atoms with Crippen LogP contribution in [0.2, 0.25) is 0 Å². The third kappa shape index (κ3) is 3.62. The summed E-state index contributed by atoms with van der Waals surface area (Å²) in [6, 6.07) is 12.6. The molecule has 27 heavy (non-hydrogen) atoms. The number of hydrogen-bond acceptors (Lipinski definition) is 4. The number of carbonyl (C=O) groups is 1. The quantitative estimate of drug-likeness (QED) is 0.720. The van der Waals surface area contributed by atoms with Gasteiger partial charge >= 0.3 is 0 Å². The number of benzene rings is 2. The summed E-state index contributed by atoms with van der Waals surface area (Å²) in [6.07, 6.45) is 0. The molecule has 0 fully saturated rings. The molecule has 0 unspecified atom stereocenters. The van der Waals surface area contributed by atoms with Crippen molar-refractivity contribution in [2.24, 2.45) is 0 Å². The van der Waals surface area contributed by atoms with E-state index in [1.807, 2.05) is 6.92 Å². The van der Waals surface area contributed by atoms with Crippen molar-refractivity contribution in [2.75, 3.05) is 19.4 Å². The number of anilines is 1. The third-order valence-corrected chi connectivity index (χ3v) is 6.07. The normalized spacial score (nSPS) is 11.7. The van der Waals surface area contributed by atoms with Crippen LogP contribution in [0.1, 0.15) is 15.9 Å². The number of hydrogen-bond donors (Lipinski definition) is 2. The highest BCUT2D eigenvalue weighted by Gasteiger charge is 2.24. The minimum Gasteiger partial charge on any atom is -0.322 e. The highest BCUT2D eigenvalue weighted by Crippen LogP contribution is 2.22. The first kappa shape index (κ1) is 18.8. The average Bonchev–Trinajstić information content (AvgIpc) is 2.62. The maximum Gasteiger partial charge on any atom is 0.257 e. The van der Waals surface area contributed by atoms with E-state index in [4.69, 9.17) is 0 Å². The standard InChI is InChI=1S/C19H19N3O4S/c1-12-10-18(23)21-16-9-8-13(11-15(12)16)20-19(24)14-6-4-5-7-17(14)27(25,26)22(2)3/h4-11H,1-3H3,(H,20,24)(H,21,23). The zero-order valence-corrected chi connectivity index (χ0v) is 15.9. The fraction of sp³-hybridized carbons (Fsp3) is 0.158. The van der Waals surface area contributed by atoms with Crippen molar-refractivity contribution < 1.29 is 13.2 Å². The zero-order valence-electron chi connectivity index (χ0n) is 15.1. The van der Waals surface area contributed by atoms with Crippen LogP contribution >= 0.6 is 0 Å². The van der Waals surface area contributed by atoms with Gasteiger partial charge in [-0.3, -0.25) is 9.59 Å². The third-order valence-electron chi connectivity index (χ3n) is 4.20. The predicted octanol–water partition coefficient (Wildman–Crippen LogP) is 2.34. The van der Waals surface area contributed by atoms with Gasteiger partial charge in [0, 0.05) is 36.8 Å². The molecule has 1 aromatic heterocycles. The van der Waals surface area contributed by atoms with Crippen LogP contribution in [0.25, 0.3) is 10.9 Å². The van der Waals surface area contributed by atoms with E-state index < -0.39 is 15.9 Å². The summed E-state index contributed by atoms with van der Waals surface area (Å²) < 4.78 is 26.0. The van der Waals surface area contributed by atoms with Crippen LogP contribution in [-0.2, 0) is 10.0 Å². The molecule has 140 valence electrons. The van der Waals surface area contributed by atoms with Crippen LogP contribution in [-0.4, -0.2) is 37.7 Å². The summed E-state index contributed by atoms with van der Waals surface area (Å²) >= 11 is 0. The van der Waals surface area contributed by atoms with Gasteiger partial charge in [0.1, 0.15) is 0 Å². The van der Waals surface area contributed by atoms with Crippen molar-refractivity contribution in [3.8, 4) is 0 Å². The van der Waals surface area contributed by atoms with E-state index in [2.05, 4.69) is 10.3 Å². The number of carbonyl (C=O) groups excluding carboxylic acids is 1. The lowest BCUT2D eigenvalue weighted by Crippen LogP contribution is -2.25. The van der Waals surface area contributed by atoms with E-state index in [1.165, 1.54) is 32.3 Å². The molecule has 0 aliphatic carbocycles. The van der Waals surface area contributed by atoms with E-state index >= 15 is 0 Å². The number of aromatic nitrogens is 1. The summed E-state index contributed by atoms with van der Waals surface area (Å²) in [6.45, 7) is 1.81. The Morgan fingerprint density at radius 3 is 2.48 bits per heavy atom. The Bertz CT molecular complexity index is 1200. The molecule has 2 N–H and O–H groups in total. The second kappa shape index (κ2) is 6.98. The van der Waals surface area contributed by atoms with Gasteiger partial charge in [0.05, 0.1) is 10.5 Å². The lowest BCUT2D eigenvalue weighted by Gasteiger charge is -2.15. The maximum atomic E-state index is 12.7. The molecule has 0 radical (unpaired) electrons. The van der Waals surface area contributed by atoms with Gasteiger partial charge in [-0.15, -0.1) is 0 Å². The SMILES string of the molecule is Cc1cc(=O)[nH]c2ccc(NC(=O)c3ccccc3S(=O)(=O)N(C)C)cc12. The topological polar surface area (TPSA) is 99.3 Å². The fourth-order valence-corrected chi connectivity index (χ4v) is 3.86. The molecule has 0 atom stereocenters.